The Kier molecular flexibility index (Phi) is 1.28. The molecule has 0 spiro atoms. The van der Waals surface area contributed by atoms with Crippen LogP contribution in [0.5, 0.6) is 0 Å². The first-order valence-corrected chi connectivity index (χ1v) is 3.37. The van der Waals surface area contributed by atoms with E-state index in [0.29, 0.717) is 12.1 Å². The summed E-state index contributed by atoms with van der Waals surface area (Å²) in [5.74, 6) is 0. The fourth-order valence-corrected chi connectivity index (χ4v) is 1.11. The summed E-state index contributed by atoms with van der Waals surface area (Å²) in [5, 5.41) is 7.60. The molecule has 0 saturated heterocycles. The van der Waals surface area contributed by atoms with Crippen LogP contribution < -0.4 is 0 Å². The number of hydrogen-bond donors (Lipinski definition) is 0. The first kappa shape index (κ1) is 6.22. The summed E-state index contributed by atoms with van der Waals surface area (Å²) < 4.78 is 0. The summed E-state index contributed by atoms with van der Waals surface area (Å²) in [5.41, 5.74) is 2.47. The smallest absolute Gasteiger partial charge is 0.166 e. The third-order valence-electron chi connectivity index (χ3n) is 1.67. The lowest BCUT2D eigenvalue weighted by atomic mass is 10.1. The van der Waals surface area contributed by atoms with Crippen LogP contribution in [0.15, 0.2) is 34.0 Å². The van der Waals surface area contributed by atoms with Crippen LogP contribution in [0.3, 0.4) is 0 Å². The number of fused-ring (bicyclic) bond motifs is 1. The maximum Gasteiger partial charge on any atom is 0.166 e. The molecule has 0 unspecified atom stereocenters. The number of carbonyl (C=O) groups excluding carboxylic acids is 1. The first-order chi connectivity index (χ1) is 5.40. The zero-order valence-corrected chi connectivity index (χ0v) is 5.82. The quantitative estimate of drug-likeness (QED) is 0.506. The first-order valence-electron chi connectivity index (χ1n) is 3.37. The molecule has 11 heavy (non-hydrogen) atoms. The van der Waals surface area contributed by atoms with Gasteiger partial charge in [-0.1, -0.05) is 12.2 Å². The molecular weight excluding hydrogens is 140 g/mol. The number of carbonyl (C=O) groups is 1. The maximum absolute atomic E-state index is 10.3. The summed E-state index contributed by atoms with van der Waals surface area (Å²) in [4.78, 5) is 10.3. The molecule has 0 saturated carbocycles. The third kappa shape index (κ3) is 0.941. The molecule has 2 aliphatic rings. The van der Waals surface area contributed by atoms with E-state index in [9.17, 15) is 4.79 Å². The molecule has 2 rings (SSSR count). The number of nitrogens with zero attached hydrogens (tertiary/aromatic N) is 2. The van der Waals surface area contributed by atoms with Gasteiger partial charge >= 0.3 is 0 Å². The second-order valence-corrected chi connectivity index (χ2v) is 2.42. The van der Waals surface area contributed by atoms with Crippen LogP contribution in [0, 0.1) is 0 Å². The highest BCUT2D eigenvalue weighted by molar-refractivity contribution is 6.32. The Bertz CT molecular complexity index is 321. The van der Waals surface area contributed by atoms with Crippen molar-refractivity contribution in [2.75, 3.05) is 0 Å². The van der Waals surface area contributed by atoms with Crippen LogP contribution in [0.2, 0.25) is 0 Å². The molecule has 1 heterocycles. The van der Waals surface area contributed by atoms with Crippen molar-refractivity contribution in [3.05, 3.63) is 23.8 Å². The Balaban J connectivity index is 2.37. The van der Waals surface area contributed by atoms with Gasteiger partial charge in [0.15, 0.2) is 6.29 Å². The monoisotopic (exact) mass is 146 g/mol. The predicted molar refractivity (Wildman–Crippen MR) is 42.8 cm³/mol. The Labute approximate surface area is 63.8 Å². The van der Waals surface area contributed by atoms with Gasteiger partial charge in [-0.25, -0.2) is 0 Å². The van der Waals surface area contributed by atoms with Gasteiger partial charge in [0.05, 0.1) is 5.71 Å². The normalized spacial score (nSPS) is 20.2. The lowest BCUT2D eigenvalue weighted by molar-refractivity contribution is -0.102. The Morgan fingerprint density at radius 2 is 2.36 bits per heavy atom. The van der Waals surface area contributed by atoms with Crippen molar-refractivity contribution in [1.29, 1.82) is 0 Å². The summed E-state index contributed by atoms with van der Waals surface area (Å²) >= 11 is 0. The topological polar surface area (TPSA) is 41.8 Å². The molecule has 0 aromatic rings. The molecule has 54 valence electrons. The van der Waals surface area contributed by atoms with E-state index in [1.807, 2.05) is 18.2 Å². The van der Waals surface area contributed by atoms with Gasteiger partial charge in [0.25, 0.3) is 0 Å². The lowest BCUT2D eigenvalue weighted by Crippen LogP contribution is -2.10. The van der Waals surface area contributed by atoms with E-state index in [1.54, 1.807) is 0 Å². The van der Waals surface area contributed by atoms with Gasteiger partial charge in [-0.05, 0) is 11.6 Å². The van der Waals surface area contributed by atoms with Gasteiger partial charge in [-0.2, -0.15) is 10.2 Å². The minimum absolute atomic E-state index is 0.503. The van der Waals surface area contributed by atoms with Crippen molar-refractivity contribution in [3.63, 3.8) is 0 Å². The van der Waals surface area contributed by atoms with E-state index < -0.39 is 0 Å². The van der Waals surface area contributed by atoms with Crippen molar-refractivity contribution >= 4 is 17.7 Å². The summed E-state index contributed by atoms with van der Waals surface area (Å²) in [6, 6.07) is 0. The molecule has 1 aliphatic heterocycles. The molecule has 0 fully saturated rings. The Hall–Kier alpha value is -1.51. The average molecular weight is 146 g/mol. The summed E-state index contributed by atoms with van der Waals surface area (Å²) in [6.45, 7) is 0. The Morgan fingerprint density at radius 3 is 3.18 bits per heavy atom. The highest BCUT2D eigenvalue weighted by Gasteiger charge is 2.14. The fraction of sp³-hybridized carbons (Fsp3) is 0.125. The summed E-state index contributed by atoms with van der Waals surface area (Å²) in [6.07, 6.45) is 7.13. The maximum atomic E-state index is 10.3. The van der Waals surface area contributed by atoms with Gasteiger partial charge in [0, 0.05) is 6.42 Å². The Morgan fingerprint density at radius 1 is 1.45 bits per heavy atom. The highest BCUT2D eigenvalue weighted by atomic mass is 16.1. The minimum Gasteiger partial charge on any atom is -0.296 e. The van der Waals surface area contributed by atoms with E-state index in [1.165, 1.54) is 0 Å². The molecule has 0 aromatic heterocycles. The second kappa shape index (κ2) is 2.27. The predicted octanol–water partition coefficient (Wildman–Crippen LogP) is 0.882. The molecule has 3 heteroatoms. The SMILES string of the molecule is O=CC1=NN=C2C=CC=C2C1. The zero-order chi connectivity index (χ0) is 7.68. The van der Waals surface area contributed by atoms with Gasteiger partial charge in [-0.15, -0.1) is 0 Å². The van der Waals surface area contributed by atoms with Crippen LogP contribution in [-0.4, -0.2) is 17.7 Å². The van der Waals surface area contributed by atoms with Gasteiger partial charge in [-0.3, -0.25) is 4.79 Å². The number of hydrogen-bond acceptors (Lipinski definition) is 3. The van der Waals surface area contributed by atoms with Crippen LogP contribution in [0.25, 0.3) is 0 Å². The van der Waals surface area contributed by atoms with Crippen LogP contribution in [-0.2, 0) is 4.79 Å². The van der Waals surface area contributed by atoms with Gasteiger partial charge in [0.2, 0.25) is 0 Å². The molecule has 0 bridgehead atoms. The molecule has 0 N–H and O–H groups in total. The molecule has 1 aliphatic carbocycles. The van der Waals surface area contributed by atoms with Crippen LogP contribution >= 0.6 is 0 Å². The zero-order valence-electron chi connectivity index (χ0n) is 5.82. The molecule has 0 radical (unpaired) electrons. The van der Waals surface area contributed by atoms with E-state index in [-0.39, 0.29) is 0 Å². The standard InChI is InChI=1S/C8H6N2O/c11-5-7-4-6-2-1-3-8(6)10-9-7/h1-3,5H,4H2. The van der Waals surface area contributed by atoms with Crippen LogP contribution in [0.1, 0.15) is 6.42 Å². The lowest BCUT2D eigenvalue weighted by Gasteiger charge is -2.05. The largest absolute Gasteiger partial charge is 0.296 e. The molecule has 0 atom stereocenters. The van der Waals surface area contributed by atoms with Crippen molar-refractivity contribution in [2.24, 2.45) is 10.2 Å². The molecular formula is C8H6N2O. The highest BCUT2D eigenvalue weighted by Crippen LogP contribution is 2.16. The molecule has 0 aromatic carbocycles. The number of rotatable bonds is 1. The van der Waals surface area contributed by atoms with Crippen molar-refractivity contribution in [2.45, 2.75) is 6.42 Å². The fourth-order valence-electron chi connectivity index (χ4n) is 1.11. The molecule has 0 amide bonds. The molecule has 3 nitrogen and oxygen atoms in total. The minimum atomic E-state index is 0.503. The number of aldehydes is 1. The number of allylic oxidation sites excluding steroid dienone is 4. The van der Waals surface area contributed by atoms with Crippen molar-refractivity contribution in [3.8, 4) is 0 Å². The van der Waals surface area contributed by atoms with E-state index in [2.05, 4.69) is 10.2 Å². The average Bonchev–Trinajstić information content (AvgIpc) is 2.50. The van der Waals surface area contributed by atoms with Crippen LogP contribution in [0.4, 0.5) is 0 Å². The van der Waals surface area contributed by atoms with E-state index >= 15 is 0 Å². The van der Waals surface area contributed by atoms with Crippen molar-refractivity contribution in [1.82, 2.24) is 0 Å². The second-order valence-electron chi connectivity index (χ2n) is 2.42. The van der Waals surface area contributed by atoms with Crippen molar-refractivity contribution < 1.29 is 4.79 Å². The van der Waals surface area contributed by atoms with Gasteiger partial charge in [0.1, 0.15) is 5.71 Å². The van der Waals surface area contributed by atoms with E-state index in [4.69, 9.17) is 0 Å². The third-order valence-corrected chi connectivity index (χ3v) is 1.67. The van der Waals surface area contributed by atoms with Gasteiger partial charge < -0.3 is 0 Å². The van der Waals surface area contributed by atoms with E-state index in [0.717, 1.165) is 17.6 Å². The summed E-state index contributed by atoms with van der Waals surface area (Å²) in [7, 11) is 0.